The van der Waals surface area contributed by atoms with E-state index in [-0.39, 0.29) is 18.0 Å². The summed E-state index contributed by atoms with van der Waals surface area (Å²) < 4.78 is 19.7. The molecule has 2 N–H and O–H groups in total. The van der Waals surface area contributed by atoms with Crippen molar-refractivity contribution in [2.45, 2.75) is 0 Å². The van der Waals surface area contributed by atoms with Gasteiger partial charge in [-0.15, -0.1) is 0 Å². The Morgan fingerprint density at radius 1 is 1.29 bits per heavy atom. The number of ether oxygens (including phenoxy) is 1. The highest BCUT2D eigenvalue weighted by molar-refractivity contribution is 9.10. The zero-order chi connectivity index (χ0) is 15.2. The Balaban J connectivity index is 1.86. The Morgan fingerprint density at radius 2 is 2.10 bits per heavy atom. The average molecular weight is 354 g/mol. The van der Waals surface area contributed by atoms with Gasteiger partial charge in [0, 0.05) is 11.0 Å². The molecular weight excluding hydrogens is 341 g/mol. The Labute approximate surface area is 129 Å². The molecule has 110 valence electrons. The van der Waals surface area contributed by atoms with E-state index in [1.165, 1.54) is 18.2 Å². The first-order valence-corrected chi connectivity index (χ1v) is 7.00. The average Bonchev–Trinajstić information content (AvgIpc) is 2.47. The number of nitrogens with one attached hydrogen (secondary N) is 1. The van der Waals surface area contributed by atoms with Gasteiger partial charge in [0.25, 0.3) is 0 Å². The number of halogens is 2. The first-order valence-electron chi connectivity index (χ1n) is 6.21. The van der Waals surface area contributed by atoms with Gasteiger partial charge in [-0.25, -0.2) is 9.18 Å². The van der Waals surface area contributed by atoms with E-state index in [4.69, 9.17) is 9.84 Å². The smallest absolute Gasteiger partial charge is 0.335 e. The number of benzene rings is 2. The van der Waals surface area contributed by atoms with Crippen molar-refractivity contribution < 1.29 is 19.0 Å². The van der Waals surface area contributed by atoms with E-state index in [0.29, 0.717) is 18.0 Å². The summed E-state index contributed by atoms with van der Waals surface area (Å²) in [5.41, 5.74) is 0.547. The van der Waals surface area contributed by atoms with Crippen molar-refractivity contribution in [1.82, 2.24) is 0 Å². The highest BCUT2D eigenvalue weighted by Crippen LogP contribution is 2.19. The molecule has 21 heavy (non-hydrogen) atoms. The fourth-order valence-corrected chi connectivity index (χ4v) is 2.07. The highest BCUT2D eigenvalue weighted by Gasteiger charge is 2.04. The standard InChI is InChI=1S/C15H13BrFNO3/c16-11-4-5-13(17)14(9-11)18-6-7-21-12-3-1-2-10(8-12)15(19)20/h1-5,8-9,18H,6-7H2,(H,19,20). The van der Waals surface area contributed by atoms with Gasteiger partial charge in [0.1, 0.15) is 18.2 Å². The van der Waals surface area contributed by atoms with Crippen molar-refractivity contribution in [2.75, 3.05) is 18.5 Å². The van der Waals surface area contributed by atoms with E-state index in [1.807, 2.05) is 0 Å². The molecule has 0 radical (unpaired) electrons. The molecule has 4 nitrogen and oxygen atoms in total. The van der Waals surface area contributed by atoms with Crippen LogP contribution < -0.4 is 10.1 Å². The first kappa shape index (κ1) is 15.3. The normalized spacial score (nSPS) is 10.2. The zero-order valence-corrected chi connectivity index (χ0v) is 12.6. The van der Waals surface area contributed by atoms with Crippen LogP contribution in [0.2, 0.25) is 0 Å². The molecule has 0 spiro atoms. The number of rotatable bonds is 6. The number of aromatic carboxylic acids is 1. The molecule has 0 atom stereocenters. The lowest BCUT2D eigenvalue weighted by Gasteiger charge is -2.10. The van der Waals surface area contributed by atoms with Gasteiger partial charge in [-0.2, -0.15) is 0 Å². The topological polar surface area (TPSA) is 58.6 Å². The maximum atomic E-state index is 13.5. The van der Waals surface area contributed by atoms with E-state index in [0.717, 1.165) is 4.47 Å². The summed E-state index contributed by atoms with van der Waals surface area (Å²) in [6.45, 7) is 0.680. The van der Waals surface area contributed by atoms with Crippen LogP contribution in [0.5, 0.6) is 5.75 Å². The molecule has 2 aromatic carbocycles. The van der Waals surface area contributed by atoms with Crippen LogP contribution in [0.1, 0.15) is 10.4 Å². The molecule has 0 heterocycles. The predicted octanol–water partition coefficient (Wildman–Crippen LogP) is 3.78. The largest absolute Gasteiger partial charge is 0.492 e. The molecule has 0 aliphatic carbocycles. The molecule has 0 bridgehead atoms. The number of hydrogen-bond acceptors (Lipinski definition) is 3. The van der Waals surface area contributed by atoms with E-state index in [1.54, 1.807) is 24.3 Å². The van der Waals surface area contributed by atoms with Gasteiger partial charge in [0.2, 0.25) is 0 Å². The molecule has 2 rings (SSSR count). The van der Waals surface area contributed by atoms with Crippen molar-refractivity contribution in [3.05, 3.63) is 58.3 Å². The molecular formula is C15H13BrFNO3. The lowest BCUT2D eigenvalue weighted by molar-refractivity contribution is 0.0696. The number of carboxylic acids is 1. The minimum atomic E-state index is -1.00. The molecule has 0 saturated carbocycles. The summed E-state index contributed by atoms with van der Waals surface area (Å²) in [5.74, 6) is -0.882. The summed E-state index contributed by atoms with van der Waals surface area (Å²) in [7, 11) is 0. The van der Waals surface area contributed by atoms with E-state index < -0.39 is 5.97 Å². The van der Waals surface area contributed by atoms with Gasteiger partial charge in [-0.3, -0.25) is 0 Å². The molecule has 0 aliphatic rings. The second-order valence-corrected chi connectivity index (χ2v) is 5.15. The maximum Gasteiger partial charge on any atom is 0.335 e. The molecule has 0 unspecified atom stereocenters. The Morgan fingerprint density at radius 3 is 2.86 bits per heavy atom. The van der Waals surface area contributed by atoms with Gasteiger partial charge in [0.05, 0.1) is 11.3 Å². The van der Waals surface area contributed by atoms with Crippen LogP contribution in [-0.2, 0) is 0 Å². The van der Waals surface area contributed by atoms with Crippen molar-refractivity contribution in [1.29, 1.82) is 0 Å². The molecule has 0 amide bonds. The number of anilines is 1. The van der Waals surface area contributed by atoms with Crippen LogP contribution in [0.15, 0.2) is 46.9 Å². The highest BCUT2D eigenvalue weighted by atomic mass is 79.9. The fourth-order valence-electron chi connectivity index (χ4n) is 1.71. The van der Waals surface area contributed by atoms with Crippen molar-refractivity contribution in [3.8, 4) is 5.75 Å². The number of carboxylic acid groups (broad SMARTS) is 1. The molecule has 0 fully saturated rings. The van der Waals surface area contributed by atoms with Gasteiger partial charge in [-0.1, -0.05) is 22.0 Å². The van der Waals surface area contributed by atoms with Gasteiger partial charge in [0.15, 0.2) is 0 Å². The fraction of sp³-hybridized carbons (Fsp3) is 0.133. The zero-order valence-electron chi connectivity index (χ0n) is 11.0. The molecule has 6 heteroatoms. The van der Waals surface area contributed by atoms with Crippen LogP contribution >= 0.6 is 15.9 Å². The van der Waals surface area contributed by atoms with E-state index in [2.05, 4.69) is 21.2 Å². The summed E-state index contributed by atoms with van der Waals surface area (Å²) in [4.78, 5) is 10.8. The molecule has 0 aromatic heterocycles. The lowest BCUT2D eigenvalue weighted by Crippen LogP contribution is -2.12. The third kappa shape index (κ3) is 4.46. The van der Waals surface area contributed by atoms with E-state index >= 15 is 0 Å². The second kappa shape index (κ2) is 7.08. The summed E-state index contributed by atoms with van der Waals surface area (Å²) in [6.07, 6.45) is 0. The Bertz CT molecular complexity index is 649. The minimum absolute atomic E-state index is 0.165. The van der Waals surface area contributed by atoms with Crippen molar-refractivity contribution in [3.63, 3.8) is 0 Å². The quantitative estimate of drug-likeness (QED) is 0.776. The van der Waals surface area contributed by atoms with Crippen LogP contribution in [0.4, 0.5) is 10.1 Å². The van der Waals surface area contributed by atoms with Gasteiger partial charge < -0.3 is 15.2 Å². The summed E-state index contributed by atoms with van der Waals surface area (Å²) in [5, 5.41) is 11.8. The summed E-state index contributed by atoms with van der Waals surface area (Å²) >= 11 is 3.27. The predicted molar refractivity (Wildman–Crippen MR) is 81.5 cm³/mol. The monoisotopic (exact) mass is 353 g/mol. The third-order valence-corrected chi connectivity index (χ3v) is 3.19. The van der Waals surface area contributed by atoms with Crippen LogP contribution in [0.25, 0.3) is 0 Å². The van der Waals surface area contributed by atoms with Crippen LogP contribution in [0.3, 0.4) is 0 Å². The third-order valence-electron chi connectivity index (χ3n) is 2.70. The Kier molecular flexibility index (Phi) is 5.16. The van der Waals surface area contributed by atoms with Crippen LogP contribution in [-0.4, -0.2) is 24.2 Å². The number of carbonyl (C=O) groups is 1. The molecule has 0 saturated heterocycles. The van der Waals surface area contributed by atoms with Gasteiger partial charge >= 0.3 is 5.97 Å². The van der Waals surface area contributed by atoms with Gasteiger partial charge in [-0.05, 0) is 36.4 Å². The molecule has 0 aliphatic heterocycles. The summed E-state index contributed by atoms with van der Waals surface area (Å²) in [6, 6.07) is 10.8. The second-order valence-electron chi connectivity index (χ2n) is 4.23. The van der Waals surface area contributed by atoms with E-state index in [9.17, 15) is 9.18 Å². The van der Waals surface area contributed by atoms with Crippen molar-refractivity contribution in [2.24, 2.45) is 0 Å². The first-order chi connectivity index (χ1) is 10.1. The van der Waals surface area contributed by atoms with Crippen LogP contribution in [0, 0.1) is 5.82 Å². The number of hydrogen-bond donors (Lipinski definition) is 2. The SMILES string of the molecule is O=C(O)c1cccc(OCCNc2cc(Br)ccc2F)c1. The van der Waals surface area contributed by atoms with Crippen molar-refractivity contribution >= 4 is 27.6 Å². The lowest BCUT2D eigenvalue weighted by atomic mass is 10.2. The minimum Gasteiger partial charge on any atom is -0.492 e. The maximum absolute atomic E-state index is 13.5. The molecule has 2 aromatic rings. The Hall–Kier alpha value is -2.08.